The Hall–Kier alpha value is -0.0400. The van der Waals surface area contributed by atoms with Crippen molar-refractivity contribution in [2.24, 2.45) is 0 Å². The first-order valence-corrected chi connectivity index (χ1v) is 4.69. The molecule has 1 fully saturated rings. The van der Waals surface area contributed by atoms with E-state index in [1.807, 2.05) is 0 Å². The van der Waals surface area contributed by atoms with Crippen LogP contribution in [0.15, 0.2) is 0 Å². The first-order valence-electron chi connectivity index (χ1n) is 4.69. The summed E-state index contributed by atoms with van der Waals surface area (Å²) in [6.45, 7) is 5.78. The fourth-order valence-electron chi connectivity index (χ4n) is 1.87. The van der Waals surface area contributed by atoms with Gasteiger partial charge >= 0.3 is 0 Å². The lowest BCUT2D eigenvalue weighted by atomic mass is 9.95. The summed E-state index contributed by atoms with van der Waals surface area (Å²) in [4.78, 5) is 2.51. The summed E-state index contributed by atoms with van der Waals surface area (Å²) in [5, 5.41) is 0. The second-order valence-corrected chi connectivity index (χ2v) is 4.04. The fraction of sp³-hybridized carbons (Fsp3) is 0.900. The number of likely N-dealkylation sites (tertiary alicyclic amines) is 1. The predicted octanol–water partition coefficient (Wildman–Crippen LogP) is 2.48. The molecule has 1 heterocycles. The summed E-state index contributed by atoms with van der Waals surface area (Å²) < 4.78 is 0. The lowest BCUT2D eigenvalue weighted by molar-refractivity contribution is 0.180. The molecule has 0 aliphatic carbocycles. The zero-order valence-electron chi connectivity index (χ0n) is 8.06. The van der Waals surface area contributed by atoms with Crippen molar-refractivity contribution >= 4 is 0 Å². The smallest absolute Gasteiger partial charge is 0.00975 e. The standard InChI is InChI=1S/C10H20N/c1-9(2)8-10-6-4-5-7-11(10)3/h10H,4-8H2,1-3H3/t10-/m1/s1. The van der Waals surface area contributed by atoms with Gasteiger partial charge in [-0.2, -0.15) is 0 Å². The van der Waals surface area contributed by atoms with Crippen LogP contribution in [0, 0.1) is 5.92 Å². The minimum Gasteiger partial charge on any atom is -0.303 e. The highest BCUT2D eigenvalue weighted by Crippen LogP contribution is 2.21. The first-order chi connectivity index (χ1) is 5.20. The van der Waals surface area contributed by atoms with Crippen molar-refractivity contribution in [1.29, 1.82) is 0 Å². The van der Waals surface area contributed by atoms with Gasteiger partial charge in [0, 0.05) is 6.04 Å². The molecule has 0 aromatic rings. The first kappa shape index (κ1) is 9.05. The highest BCUT2D eigenvalue weighted by molar-refractivity contribution is 4.86. The van der Waals surface area contributed by atoms with Crippen molar-refractivity contribution in [3.63, 3.8) is 0 Å². The Morgan fingerprint density at radius 1 is 1.36 bits per heavy atom. The molecule has 0 unspecified atom stereocenters. The predicted molar refractivity (Wildman–Crippen MR) is 49.5 cm³/mol. The molecule has 1 aliphatic rings. The number of hydrogen-bond acceptors (Lipinski definition) is 1. The van der Waals surface area contributed by atoms with Gasteiger partial charge in [-0.1, -0.05) is 20.3 Å². The Kier molecular flexibility index (Phi) is 3.38. The Morgan fingerprint density at radius 3 is 2.64 bits per heavy atom. The van der Waals surface area contributed by atoms with Gasteiger partial charge in [-0.05, 0) is 38.8 Å². The molecule has 0 bridgehead atoms. The molecule has 1 saturated heterocycles. The topological polar surface area (TPSA) is 3.24 Å². The van der Waals surface area contributed by atoms with Crippen LogP contribution in [0.25, 0.3) is 0 Å². The normalized spacial score (nSPS) is 27.8. The molecule has 0 N–H and O–H groups in total. The number of rotatable bonds is 2. The highest BCUT2D eigenvalue weighted by atomic mass is 15.1. The third-order valence-electron chi connectivity index (χ3n) is 2.57. The number of piperidine rings is 1. The van der Waals surface area contributed by atoms with Crippen molar-refractivity contribution in [1.82, 2.24) is 4.90 Å². The van der Waals surface area contributed by atoms with E-state index in [0.717, 1.165) is 6.04 Å². The highest BCUT2D eigenvalue weighted by Gasteiger charge is 2.19. The minimum atomic E-state index is 0.841. The molecule has 1 heteroatoms. The number of nitrogens with zero attached hydrogens (tertiary/aromatic N) is 1. The van der Waals surface area contributed by atoms with Crippen molar-refractivity contribution in [2.45, 2.75) is 45.6 Å². The monoisotopic (exact) mass is 154 g/mol. The van der Waals surface area contributed by atoms with Gasteiger partial charge in [-0.25, -0.2) is 0 Å². The van der Waals surface area contributed by atoms with Crippen LogP contribution in [-0.2, 0) is 0 Å². The van der Waals surface area contributed by atoms with E-state index in [0.29, 0.717) is 0 Å². The summed E-state index contributed by atoms with van der Waals surface area (Å²) in [7, 11) is 2.26. The SMILES string of the molecule is C[C](C)C[C@H]1CCCCN1C. The van der Waals surface area contributed by atoms with Crippen LogP contribution in [0.5, 0.6) is 0 Å². The van der Waals surface area contributed by atoms with Crippen molar-refractivity contribution in [3.05, 3.63) is 5.92 Å². The van der Waals surface area contributed by atoms with Gasteiger partial charge in [0.05, 0.1) is 0 Å². The molecule has 1 atom stereocenters. The fourth-order valence-corrected chi connectivity index (χ4v) is 1.87. The van der Waals surface area contributed by atoms with E-state index in [1.54, 1.807) is 5.92 Å². The van der Waals surface area contributed by atoms with E-state index >= 15 is 0 Å². The lowest BCUT2D eigenvalue weighted by Crippen LogP contribution is -2.36. The quantitative estimate of drug-likeness (QED) is 0.590. The van der Waals surface area contributed by atoms with Crippen molar-refractivity contribution < 1.29 is 0 Å². The molecule has 11 heavy (non-hydrogen) atoms. The average Bonchev–Trinajstić information content (AvgIpc) is 1.93. The molecule has 1 rings (SSSR count). The molecule has 0 amide bonds. The van der Waals surface area contributed by atoms with Gasteiger partial charge in [0.15, 0.2) is 0 Å². The molecule has 65 valence electrons. The van der Waals surface area contributed by atoms with Crippen LogP contribution in [-0.4, -0.2) is 24.5 Å². The van der Waals surface area contributed by atoms with Gasteiger partial charge < -0.3 is 4.90 Å². The average molecular weight is 154 g/mol. The maximum Gasteiger partial charge on any atom is 0.00975 e. The summed E-state index contributed by atoms with van der Waals surface area (Å²) in [5.41, 5.74) is 0. The van der Waals surface area contributed by atoms with Crippen molar-refractivity contribution in [2.75, 3.05) is 13.6 Å². The zero-order valence-corrected chi connectivity index (χ0v) is 8.06. The van der Waals surface area contributed by atoms with Crippen LogP contribution >= 0.6 is 0 Å². The lowest BCUT2D eigenvalue weighted by Gasteiger charge is -2.33. The molecule has 1 nitrogen and oxygen atoms in total. The zero-order chi connectivity index (χ0) is 8.27. The minimum absolute atomic E-state index is 0.841. The van der Waals surface area contributed by atoms with Gasteiger partial charge in [0.2, 0.25) is 0 Å². The van der Waals surface area contributed by atoms with Crippen LogP contribution in [0.3, 0.4) is 0 Å². The van der Waals surface area contributed by atoms with Gasteiger partial charge in [-0.3, -0.25) is 0 Å². The van der Waals surface area contributed by atoms with Crippen LogP contribution in [0.2, 0.25) is 0 Å². The largest absolute Gasteiger partial charge is 0.303 e. The third-order valence-corrected chi connectivity index (χ3v) is 2.57. The summed E-state index contributed by atoms with van der Waals surface area (Å²) in [6, 6.07) is 0.841. The maximum atomic E-state index is 2.51. The molecular weight excluding hydrogens is 134 g/mol. The number of hydrogen-bond donors (Lipinski definition) is 0. The van der Waals surface area contributed by atoms with Gasteiger partial charge in [0.25, 0.3) is 0 Å². The molecule has 0 aromatic heterocycles. The molecule has 0 spiro atoms. The Morgan fingerprint density at radius 2 is 2.09 bits per heavy atom. The van der Waals surface area contributed by atoms with E-state index in [2.05, 4.69) is 25.8 Å². The van der Waals surface area contributed by atoms with Crippen LogP contribution in [0.1, 0.15) is 39.5 Å². The summed E-state index contributed by atoms with van der Waals surface area (Å²) in [5.74, 6) is 1.57. The Bertz CT molecular complexity index is 109. The van der Waals surface area contributed by atoms with E-state index in [9.17, 15) is 0 Å². The Labute approximate surface area is 70.8 Å². The Balaban J connectivity index is 2.29. The van der Waals surface area contributed by atoms with Crippen LogP contribution in [0.4, 0.5) is 0 Å². The van der Waals surface area contributed by atoms with Gasteiger partial charge in [-0.15, -0.1) is 0 Å². The van der Waals surface area contributed by atoms with Crippen LogP contribution < -0.4 is 0 Å². The van der Waals surface area contributed by atoms with Gasteiger partial charge in [0.1, 0.15) is 0 Å². The molecule has 1 radical (unpaired) electrons. The molecular formula is C10H20N. The maximum absolute atomic E-state index is 2.51. The molecule has 0 aromatic carbocycles. The van der Waals surface area contributed by atoms with E-state index < -0.39 is 0 Å². The second-order valence-electron chi connectivity index (χ2n) is 4.04. The van der Waals surface area contributed by atoms with Crippen molar-refractivity contribution in [3.8, 4) is 0 Å². The second kappa shape index (κ2) is 4.10. The molecule has 0 saturated carbocycles. The van der Waals surface area contributed by atoms with E-state index in [4.69, 9.17) is 0 Å². The van der Waals surface area contributed by atoms with E-state index in [-0.39, 0.29) is 0 Å². The molecule has 1 aliphatic heterocycles. The summed E-state index contributed by atoms with van der Waals surface area (Å²) in [6.07, 6.45) is 5.54. The summed E-state index contributed by atoms with van der Waals surface area (Å²) >= 11 is 0. The van der Waals surface area contributed by atoms with E-state index in [1.165, 1.54) is 32.2 Å². The third kappa shape index (κ3) is 2.82.